The van der Waals surface area contributed by atoms with Crippen LogP contribution in [0.15, 0.2) is 12.2 Å². The molecule has 0 bridgehead atoms. The molecule has 3 N–H and O–H groups in total. The maximum atomic E-state index is 10.1. The number of ether oxygens (including phenoxy) is 2. The highest BCUT2D eigenvalue weighted by Gasteiger charge is 2.36. The van der Waals surface area contributed by atoms with E-state index in [4.69, 9.17) is 9.47 Å². The zero-order chi connectivity index (χ0) is 22.2. The summed E-state index contributed by atoms with van der Waals surface area (Å²) >= 11 is 0. The summed E-state index contributed by atoms with van der Waals surface area (Å²) in [5, 5.41) is 23.0. The van der Waals surface area contributed by atoms with Crippen molar-refractivity contribution in [3.63, 3.8) is 0 Å². The standard InChI is InChI=1S/C25H49NO4/c1-5-7-8-9-10-11-12-13-14-15-16-17-18-19-23-21(20-29-25(3,4)30-23)26-24(28)22(27)6-2/h18-19,21-24,26-28H,5-17,20H2,1-4H3/t21-,22-,23+,24+/m0/s1. The van der Waals surface area contributed by atoms with Crippen LogP contribution >= 0.6 is 0 Å². The Bertz CT molecular complexity index is 441. The van der Waals surface area contributed by atoms with Crippen LogP contribution in [0.3, 0.4) is 0 Å². The second-order valence-electron chi connectivity index (χ2n) is 9.24. The van der Waals surface area contributed by atoms with Crippen molar-refractivity contribution in [3.8, 4) is 0 Å². The van der Waals surface area contributed by atoms with Crippen LogP contribution in [-0.2, 0) is 9.47 Å². The quantitative estimate of drug-likeness (QED) is 0.164. The maximum Gasteiger partial charge on any atom is 0.163 e. The van der Waals surface area contributed by atoms with Gasteiger partial charge in [0.15, 0.2) is 5.79 Å². The fourth-order valence-electron chi connectivity index (χ4n) is 3.86. The first-order valence-corrected chi connectivity index (χ1v) is 12.5. The van der Waals surface area contributed by atoms with Crippen molar-refractivity contribution in [2.45, 2.75) is 141 Å². The number of nitrogens with one attached hydrogen (secondary N) is 1. The van der Waals surface area contributed by atoms with Crippen LogP contribution in [0.25, 0.3) is 0 Å². The molecule has 0 aliphatic carbocycles. The normalized spacial score (nSPS) is 23.7. The Kier molecular flexibility index (Phi) is 14.9. The minimum atomic E-state index is -0.976. The van der Waals surface area contributed by atoms with Gasteiger partial charge in [0.2, 0.25) is 0 Å². The van der Waals surface area contributed by atoms with Gasteiger partial charge in [-0.1, -0.05) is 90.2 Å². The molecule has 0 aromatic rings. The van der Waals surface area contributed by atoms with Gasteiger partial charge in [0.05, 0.1) is 24.9 Å². The molecule has 1 saturated heterocycles. The Balaban J connectivity index is 2.21. The van der Waals surface area contributed by atoms with Gasteiger partial charge in [-0.05, 0) is 33.1 Å². The number of aliphatic hydroxyl groups excluding tert-OH is 2. The molecule has 1 rings (SSSR count). The van der Waals surface area contributed by atoms with Crippen molar-refractivity contribution in [2.24, 2.45) is 0 Å². The van der Waals surface area contributed by atoms with Crippen molar-refractivity contribution >= 4 is 0 Å². The average molecular weight is 428 g/mol. The fraction of sp³-hybridized carbons (Fsp3) is 0.920. The molecule has 4 atom stereocenters. The maximum absolute atomic E-state index is 10.1. The first-order chi connectivity index (χ1) is 14.4. The van der Waals surface area contributed by atoms with Gasteiger partial charge in [0.1, 0.15) is 6.23 Å². The van der Waals surface area contributed by atoms with Crippen LogP contribution in [-0.4, -0.2) is 47.1 Å². The van der Waals surface area contributed by atoms with Gasteiger partial charge in [-0.25, -0.2) is 0 Å². The van der Waals surface area contributed by atoms with Gasteiger partial charge in [-0.2, -0.15) is 0 Å². The molecule has 0 saturated carbocycles. The Morgan fingerprint density at radius 1 is 0.933 bits per heavy atom. The molecule has 5 nitrogen and oxygen atoms in total. The summed E-state index contributed by atoms with van der Waals surface area (Å²) in [5.74, 6) is -0.641. The van der Waals surface area contributed by atoms with Gasteiger partial charge in [-0.3, -0.25) is 5.32 Å². The molecule has 1 heterocycles. The summed E-state index contributed by atoms with van der Waals surface area (Å²) in [6, 6.07) is -0.178. The summed E-state index contributed by atoms with van der Waals surface area (Å²) in [5.41, 5.74) is 0. The summed E-state index contributed by atoms with van der Waals surface area (Å²) in [6.07, 6.45) is 18.8. The number of hydrogen-bond donors (Lipinski definition) is 3. The molecule has 0 radical (unpaired) electrons. The fourth-order valence-corrected chi connectivity index (χ4v) is 3.86. The van der Waals surface area contributed by atoms with E-state index in [0.29, 0.717) is 13.0 Å². The third-order valence-electron chi connectivity index (χ3n) is 5.89. The minimum Gasteiger partial charge on any atom is -0.389 e. The van der Waals surface area contributed by atoms with Crippen molar-refractivity contribution in [1.29, 1.82) is 0 Å². The van der Waals surface area contributed by atoms with Crippen LogP contribution in [0.5, 0.6) is 0 Å². The summed E-state index contributed by atoms with van der Waals surface area (Å²) in [6.45, 7) is 8.37. The molecule has 0 aromatic carbocycles. The Morgan fingerprint density at radius 3 is 2.07 bits per heavy atom. The molecule has 5 heteroatoms. The second-order valence-corrected chi connectivity index (χ2v) is 9.24. The molecule has 1 aliphatic rings. The topological polar surface area (TPSA) is 71.0 Å². The molecule has 0 unspecified atom stereocenters. The molecule has 0 amide bonds. The van der Waals surface area contributed by atoms with Crippen LogP contribution in [0.1, 0.15) is 111 Å². The lowest BCUT2D eigenvalue weighted by atomic mass is 10.0. The van der Waals surface area contributed by atoms with Gasteiger partial charge >= 0.3 is 0 Å². The average Bonchev–Trinajstić information content (AvgIpc) is 2.72. The van der Waals surface area contributed by atoms with Crippen LogP contribution in [0.2, 0.25) is 0 Å². The molecule has 1 aliphatic heterocycles. The number of unbranched alkanes of at least 4 members (excludes halogenated alkanes) is 11. The van der Waals surface area contributed by atoms with Crippen LogP contribution in [0.4, 0.5) is 0 Å². The molecule has 0 spiro atoms. The lowest BCUT2D eigenvalue weighted by molar-refractivity contribution is -0.275. The Labute approximate surface area is 185 Å². The van der Waals surface area contributed by atoms with E-state index in [-0.39, 0.29) is 12.1 Å². The lowest BCUT2D eigenvalue weighted by Gasteiger charge is -2.41. The summed E-state index contributed by atoms with van der Waals surface area (Å²) in [4.78, 5) is 0. The first-order valence-electron chi connectivity index (χ1n) is 12.5. The number of allylic oxidation sites excluding steroid dienone is 1. The largest absolute Gasteiger partial charge is 0.389 e. The van der Waals surface area contributed by atoms with E-state index >= 15 is 0 Å². The zero-order valence-electron chi connectivity index (χ0n) is 20.1. The number of rotatable bonds is 17. The van der Waals surface area contributed by atoms with E-state index in [2.05, 4.69) is 24.4 Å². The van der Waals surface area contributed by atoms with Crippen molar-refractivity contribution < 1.29 is 19.7 Å². The van der Waals surface area contributed by atoms with E-state index in [1.165, 1.54) is 70.6 Å². The predicted octanol–water partition coefficient (Wildman–Crippen LogP) is 5.44. The third kappa shape index (κ3) is 12.4. The minimum absolute atomic E-state index is 0.178. The van der Waals surface area contributed by atoms with Crippen LogP contribution < -0.4 is 5.32 Å². The smallest absolute Gasteiger partial charge is 0.163 e. The molecule has 30 heavy (non-hydrogen) atoms. The predicted molar refractivity (Wildman–Crippen MR) is 124 cm³/mol. The highest BCUT2D eigenvalue weighted by molar-refractivity contribution is 4.99. The molecular weight excluding hydrogens is 378 g/mol. The Morgan fingerprint density at radius 2 is 1.50 bits per heavy atom. The van der Waals surface area contributed by atoms with E-state index in [0.717, 1.165) is 6.42 Å². The van der Waals surface area contributed by atoms with Gasteiger partial charge in [0, 0.05) is 0 Å². The molecule has 0 aromatic heterocycles. The zero-order valence-corrected chi connectivity index (χ0v) is 20.1. The molecular formula is C25H49NO4. The van der Waals surface area contributed by atoms with E-state index < -0.39 is 18.1 Å². The van der Waals surface area contributed by atoms with Gasteiger partial charge in [-0.15, -0.1) is 0 Å². The van der Waals surface area contributed by atoms with Crippen molar-refractivity contribution in [2.75, 3.05) is 6.61 Å². The SMILES string of the molecule is CCCCCCCCCCCCCC=C[C@H]1OC(C)(C)OC[C@@H]1N[C@H](O)[C@@H](O)CC. The Hall–Kier alpha value is -0.460. The van der Waals surface area contributed by atoms with Crippen molar-refractivity contribution in [1.82, 2.24) is 5.32 Å². The monoisotopic (exact) mass is 427 g/mol. The molecule has 178 valence electrons. The molecule has 1 fully saturated rings. The second kappa shape index (κ2) is 16.2. The summed E-state index contributed by atoms with van der Waals surface area (Å²) < 4.78 is 11.8. The highest BCUT2D eigenvalue weighted by atomic mass is 16.7. The van der Waals surface area contributed by atoms with E-state index in [1.54, 1.807) is 0 Å². The summed E-state index contributed by atoms with van der Waals surface area (Å²) in [7, 11) is 0. The highest BCUT2D eigenvalue weighted by Crippen LogP contribution is 2.24. The third-order valence-corrected chi connectivity index (χ3v) is 5.89. The number of aliphatic hydroxyl groups is 2. The first kappa shape index (κ1) is 27.6. The van der Waals surface area contributed by atoms with E-state index in [9.17, 15) is 10.2 Å². The van der Waals surface area contributed by atoms with Crippen LogP contribution in [0, 0.1) is 0 Å². The number of hydrogen-bond acceptors (Lipinski definition) is 5. The van der Waals surface area contributed by atoms with E-state index in [1.807, 2.05) is 20.8 Å². The van der Waals surface area contributed by atoms with Crippen molar-refractivity contribution in [3.05, 3.63) is 12.2 Å². The van der Waals surface area contributed by atoms with Gasteiger partial charge in [0.25, 0.3) is 0 Å². The van der Waals surface area contributed by atoms with Gasteiger partial charge < -0.3 is 19.7 Å². The lowest BCUT2D eigenvalue weighted by Crippen LogP contribution is -2.58.